The molecule has 0 spiro atoms. The van der Waals surface area contributed by atoms with Crippen LogP contribution in [0.3, 0.4) is 0 Å². The molecule has 0 atom stereocenters. The Morgan fingerprint density at radius 2 is 2.33 bits per heavy atom. The molecule has 4 nitrogen and oxygen atoms in total. The zero-order valence-electron chi connectivity index (χ0n) is 8.29. The Kier molecular flexibility index (Phi) is 3.01. The van der Waals surface area contributed by atoms with Gasteiger partial charge >= 0.3 is 0 Å². The first-order valence-corrected chi connectivity index (χ1v) is 5.38. The van der Waals surface area contributed by atoms with E-state index in [0.717, 1.165) is 21.4 Å². The smallest absolute Gasteiger partial charge is 0.140 e. The molecule has 0 aliphatic carbocycles. The van der Waals surface area contributed by atoms with E-state index >= 15 is 0 Å². The number of hydrogen-bond acceptors (Lipinski definition) is 3. The highest BCUT2D eigenvalue weighted by molar-refractivity contribution is 9.10. The fraction of sp³-hybridized carbons (Fsp3) is 0.200. The van der Waals surface area contributed by atoms with Gasteiger partial charge in [0.15, 0.2) is 0 Å². The molecule has 2 rings (SSSR count). The summed E-state index contributed by atoms with van der Waals surface area (Å²) in [5.41, 5.74) is 2.24. The molecule has 0 radical (unpaired) electrons. The highest BCUT2D eigenvalue weighted by atomic mass is 79.9. The topological polar surface area (TPSA) is 53.6 Å². The van der Waals surface area contributed by atoms with Crippen molar-refractivity contribution < 1.29 is 0 Å². The number of nitrogens with zero attached hydrogens (tertiary/aromatic N) is 2. The Hall–Kier alpha value is -1.36. The van der Waals surface area contributed by atoms with E-state index in [2.05, 4.69) is 36.4 Å². The molecule has 0 amide bonds. The summed E-state index contributed by atoms with van der Waals surface area (Å²) in [5.74, 6) is 0.849. The minimum absolute atomic E-state index is 0.713. The van der Waals surface area contributed by atoms with E-state index in [1.54, 1.807) is 6.20 Å². The summed E-state index contributed by atoms with van der Waals surface area (Å²) in [6.07, 6.45) is 5.48. The molecule has 2 aromatic heterocycles. The molecule has 0 bridgehead atoms. The van der Waals surface area contributed by atoms with Crippen molar-refractivity contribution in [2.45, 2.75) is 13.5 Å². The number of aryl methyl sites for hydroxylation is 1. The maximum absolute atomic E-state index is 4.29. The zero-order chi connectivity index (χ0) is 10.7. The van der Waals surface area contributed by atoms with Gasteiger partial charge in [-0.15, -0.1) is 0 Å². The van der Waals surface area contributed by atoms with Gasteiger partial charge in [-0.3, -0.25) is 5.10 Å². The summed E-state index contributed by atoms with van der Waals surface area (Å²) in [5, 5.41) is 9.87. The van der Waals surface area contributed by atoms with E-state index < -0.39 is 0 Å². The Bertz CT molecular complexity index is 439. The Balaban J connectivity index is 2.05. The normalized spacial score (nSPS) is 10.3. The van der Waals surface area contributed by atoms with E-state index in [-0.39, 0.29) is 0 Å². The number of nitrogens with one attached hydrogen (secondary N) is 2. The molecule has 0 unspecified atom stereocenters. The molecule has 15 heavy (non-hydrogen) atoms. The van der Waals surface area contributed by atoms with E-state index in [1.807, 2.05) is 25.4 Å². The van der Waals surface area contributed by atoms with Crippen molar-refractivity contribution in [3.63, 3.8) is 0 Å². The van der Waals surface area contributed by atoms with Gasteiger partial charge in [-0.05, 0) is 34.5 Å². The van der Waals surface area contributed by atoms with Crippen LogP contribution in [0.2, 0.25) is 0 Å². The lowest BCUT2D eigenvalue weighted by atomic mass is 10.3. The lowest BCUT2D eigenvalue weighted by Gasteiger charge is -2.06. The van der Waals surface area contributed by atoms with Crippen LogP contribution < -0.4 is 5.32 Å². The molecule has 5 heteroatoms. The third-order valence-electron chi connectivity index (χ3n) is 1.99. The molecular weight excluding hydrogens is 256 g/mol. The maximum Gasteiger partial charge on any atom is 0.140 e. The summed E-state index contributed by atoms with van der Waals surface area (Å²) in [7, 11) is 0. The zero-order valence-corrected chi connectivity index (χ0v) is 9.87. The highest BCUT2D eigenvalue weighted by Crippen LogP contribution is 2.20. The largest absolute Gasteiger partial charge is 0.365 e. The Morgan fingerprint density at radius 1 is 1.47 bits per heavy atom. The highest BCUT2D eigenvalue weighted by Gasteiger charge is 2.01. The number of aromatic nitrogens is 3. The van der Waals surface area contributed by atoms with Crippen LogP contribution in [0.4, 0.5) is 5.82 Å². The fourth-order valence-electron chi connectivity index (χ4n) is 1.22. The molecule has 2 heterocycles. The molecule has 0 aliphatic heterocycles. The molecular formula is C10H11BrN4. The number of anilines is 1. The first-order chi connectivity index (χ1) is 7.25. The molecule has 0 saturated heterocycles. The van der Waals surface area contributed by atoms with Crippen LogP contribution in [-0.4, -0.2) is 15.2 Å². The van der Waals surface area contributed by atoms with Crippen molar-refractivity contribution in [3.05, 3.63) is 40.3 Å². The van der Waals surface area contributed by atoms with E-state index in [1.165, 1.54) is 0 Å². The Morgan fingerprint density at radius 3 is 3.00 bits per heavy atom. The molecule has 2 aromatic rings. The summed E-state index contributed by atoms with van der Waals surface area (Å²) < 4.78 is 0.978. The van der Waals surface area contributed by atoms with Crippen LogP contribution >= 0.6 is 15.9 Å². The first kappa shape index (κ1) is 10.2. The van der Waals surface area contributed by atoms with Gasteiger partial charge in [-0.2, -0.15) is 5.10 Å². The first-order valence-electron chi connectivity index (χ1n) is 4.59. The molecule has 78 valence electrons. The van der Waals surface area contributed by atoms with Crippen LogP contribution in [0.5, 0.6) is 0 Å². The molecule has 2 N–H and O–H groups in total. The minimum atomic E-state index is 0.713. The summed E-state index contributed by atoms with van der Waals surface area (Å²) in [6, 6.07) is 2.03. The van der Waals surface area contributed by atoms with Gasteiger partial charge in [0.2, 0.25) is 0 Å². The molecule has 0 fully saturated rings. The second kappa shape index (κ2) is 4.44. The number of rotatable bonds is 3. The van der Waals surface area contributed by atoms with E-state index in [4.69, 9.17) is 0 Å². The van der Waals surface area contributed by atoms with Crippen LogP contribution in [0.15, 0.2) is 29.1 Å². The van der Waals surface area contributed by atoms with Crippen molar-refractivity contribution in [2.24, 2.45) is 0 Å². The Labute approximate surface area is 96.3 Å². The lowest BCUT2D eigenvalue weighted by Crippen LogP contribution is -2.01. The third kappa shape index (κ3) is 2.56. The lowest BCUT2D eigenvalue weighted by molar-refractivity contribution is 1.09. The van der Waals surface area contributed by atoms with Crippen molar-refractivity contribution >= 4 is 21.7 Å². The summed E-state index contributed by atoms with van der Waals surface area (Å²) >= 11 is 3.46. The molecule has 0 saturated carbocycles. The van der Waals surface area contributed by atoms with Crippen LogP contribution in [0.1, 0.15) is 11.1 Å². The predicted octanol–water partition coefficient (Wildman–Crippen LogP) is 2.49. The second-order valence-corrected chi connectivity index (χ2v) is 4.16. The summed E-state index contributed by atoms with van der Waals surface area (Å²) in [4.78, 5) is 4.29. The fourth-order valence-corrected chi connectivity index (χ4v) is 1.83. The van der Waals surface area contributed by atoms with Gasteiger partial charge in [-0.25, -0.2) is 4.98 Å². The predicted molar refractivity (Wildman–Crippen MR) is 62.6 cm³/mol. The standard InChI is InChI=1S/C10H11BrN4/c1-7-2-9(11)10(12-3-7)13-4-8-5-14-15-6-8/h2-3,5-6H,4H2,1H3,(H,12,13)(H,14,15). The van der Waals surface area contributed by atoms with Crippen LogP contribution in [0.25, 0.3) is 0 Å². The van der Waals surface area contributed by atoms with Gasteiger partial charge < -0.3 is 5.32 Å². The van der Waals surface area contributed by atoms with Crippen molar-refractivity contribution in [1.29, 1.82) is 0 Å². The number of aromatic amines is 1. The van der Waals surface area contributed by atoms with E-state index in [0.29, 0.717) is 6.54 Å². The molecule has 0 aromatic carbocycles. The van der Waals surface area contributed by atoms with Gasteiger partial charge in [-0.1, -0.05) is 0 Å². The average Bonchev–Trinajstić information content (AvgIpc) is 2.69. The number of hydrogen-bond donors (Lipinski definition) is 2. The average molecular weight is 267 g/mol. The molecule has 0 aliphatic rings. The number of pyridine rings is 1. The summed E-state index contributed by atoms with van der Waals surface area (Å²) in [6.45, 7) is 2.72. The third-order valence-corrected chi connectivity index (χ3v) is 2.60. The minimum Gasteiger partial charge on any atom is -0.365 e. The van der Waals surface area contributed by atoms with Crippen molar-refractivity contribution in [1.82, 2.24) is 15.2 Å². The van der Waals surface area contributed by atoms with Gasteiger partial charge in [0.25, 0.3) is 0 Å². The van der Waals surface area contributed by atoms with Gasteiger partial charge in [0.05, 0.1) is 10.7 Å². The van der Waals surface area contributed by atoms with Crippen LogP contribution in [0, 0.1) is 6.92 Å². The van der Waals surface area contributed by atoms with Crippen LogP contribution in [-0.2, 0) is 6.54 Å². The SMILES string of the molecule is Cc1cnc(NCc2cn[nH]c2)c(Br)c1. The van der Waals surface area contributed by atoms with Gasteiger partial charge in [0.1, 0.15) is 5.82 Å². The maximum atomic E-state index is 4.29. The number of halogens is 1. The van der Waals surface area contributed by atoms with E-state index in [9.17, 15) is 0 Å². The van der Waals surface area contributed by atoms with Crippen molar-refractivity contribution in [3.8, 4) is 0 Å². The number of H-pyrrole nitrogens is 1. The quantitative estimate of drug-likeness (QED) is 0.898. The monoisotopic (exact) mass is 266 g/mol. The van der Waals surface area contributed by atoms with Crippen molar-refractivity contribution in [2.75, 3.05) is 5.32 Å². The second-order valence-electron chi connectivity index (χ2n) is 3.30. The van der Waals surface area contributed by atoms with Gasteiger partial charge in [0, 0.05) is 24.5 Å².